The van der Waals surface area contributed by atoms with Crippen LogP contribution in [0.2, 0.25) is 0 Å². The molecule has 3 rings (SSSR count). The maximum absolute atomic E-state index is 9.95. The number of nitrogens with zero attached hydrogens (tertiary/aromatic N) is 3. The third-order valence-electron chi connectivity index (χ3n) is 4.16. The smallest absolute Gasteiger partial charge is 0.143 e. The van der Waals surface area contributed by atoms with Crippen molar-refractivity contribution in [1.82, 2.24) is 19.9 Å². The number of H-pyrrole nitrogens is 1. The Morgan fingerprint density at radius 2 is 2.27 bits per heavy atom. The second-order valence-corrected chi connectivity index (χ2v) is 6.79. The molecule has 0 radical (unpaired) electrons. The first-order valence-electron chi connectivity index (χ1n) is 7.98. The number of hydrogen-bond acceptors (Lipinski definition) is 5. The van der Waals surface area contributed by atoms with Crippen LogP contribution in [0.3, 0.4) is 0 Å². The Morgan fingerprint density at radius 1 is 1.45 bits per heavy atom. The van der Waals surface area contributed by atoms with Gasteiger partial charge >= 0.3 is 0 Å². The summed E-state index contributed by atoms with van der Waals surface area (Å²) in [6.45, 7) is 8.49. The Kier molecular flexibility index (Phi) is 4.06. The zero-order valence-electron chi connectivity index (χ0n) is 13.6. The number of likely N-dealkylation sites (tertiary alicyclic amines) is 1. The van der Waals surface area contributed by atoms with Gasteiger partial charge in [-0.05, 0) is 32.3 Å². The van der Waals surface area contributed by atoms with Gasteiger partial charge in [-0.3, -0.25) is 4.90 Å². The molecule has 1 saturated heterocycles. The number of aliphatic hydroxyl groups is 1. The average Bonchev–Trinajstić information content (AvgIpc) is 3.04. The van der Waals surface area contributed by atoms with Gasteiger partial charge in [0, 0.05) is 31.9 Å². The number of rotatable bonds is 5. The Morgan fingerprint density at radius 3 is 3.00 bits per heavy atom. The first-order chi connectivity index (χ1) is 10.5. The number of aromatic nitrogens is 3. The van der Waals surface area contributed by atoms with Crippen molar-refractivity contribution in [2.24, 2.45) is 0 Å². The van der Waals surface area contributed by atoms with Crippen LogP contribution >= 0.6 is 0 Å². The van der Waals surface area contributed by atoms with Gasteiger partial charge < -0.3 is 15.4 Å². The van der Waals surface area contributed by atoms with Gasteiger partial charge in [0.1, 0.15) is 17.8 Å². The molecule has 3 N–H and O–H groups in total. The zero-order chi connectivity index (χ0) is 15.7. The SMILES string of the molecule is CCc1c[nH]c2ncnc(N[C@@H]3CCN(CC(C)(C)O)C3)c12. The third-order valence-corrected chi connectivity index (χ3v) is 4.16. The summed E-state index contributed by atoms with van der Waals surface area (Å²) in [6, 6.07) is 0.361. The van der Waals surface area contributed by atoms with Crippen LogP contribution in [-0.2, 0) is 6.42 Å². The Hall–Kier alpha value is -1.66. The predicted octanol–water partition coefficient (Wildman–Crippen LogP) is 1.78. The van der Waals surface area contributed by atoms with Gasteiger partial charge in [-0.15, -0.1) is 0 Å². The van der Waals surface area contributed by atoms with Gasteiger partial charge in [0.05, 0.1) is 11.0 Å². The molecule has 2 aromatic heterocycles. The van der Waals surface area contributed by atoms with E-state index in [4.69, 9.17) is 0 Å². The predicted molar refractivity (Wildman–Crippen MR) is 88.0 cm³/mol. The number of β-amino-alcohol motifs (C(OH)–C–C–N with tert-alkyl or cyclic N) is 1. The number of anilines is 1. The standard InChI is InChI=1S/C16H25N5O/c1-4-11-7-17-14-13(11)15(19-10-18-14)20-12-5-6-21(8-12)9-16(2,3)22/h7,10,12,22H,4-6,8-9H2,1-3H3,(H2,17,18,19,20)/t12-/m1/s1. The van der Waals surface area contributed by atoms with E-state index in [9.17, 15) is 5.11 Å². The van der Waals surface area contributed by atoms with E-state index in [2.05, 4.69) is 32.1 Å². The number of fused-ring (bicyclic) bond motifs is 1. The fourth-order valence-electron chi connectivity index (χ4n) is 3.25. The van der Waals surface area contributed by atoms with E-state index in [1.54, 1.807) is 6.33 Å². The quantitative estimate of drug-likeness (QED) is 0.785. The van der Waals surface area contributed by atoms with Gasteiger partial charge in [0.25, 0.3) is 0 Å². The minimum Gasteiger partial charge on any atom is -0.389 e. The van der Waals surface area contributed by atoms with Crippen molar-refractivity contribution in [3.8, 4) is 0 Å². The summed E-state index contributed by atoms with van der Waals surface area (Å²) in [5.74, 6) is 0.915. The molecule has 1 fully saturated rings. The minimum absolute atomic E-state index is 0.361. The Balaban J connectivity index is 1.73. The van der Waals surface area contributed by atoms with Crippen LogP contribution in [0.1, 0.15) is 32.8 Å². The Labute approximate surface area is 131 Å². The second-order valence-electron chi connectivity index (χ2n) is 6.79. The maximum Gasteiger partial charge on any atom is 0.143 e. The number of hydrogen-bond donors (Lipinski definition) is 3. The molecule has 3 heterocycles. The van der Waals surface area contributed by atoms with Crippen molar-refractivity contribution in [3.63, 3.8) is 0 Å². The second kappa shape index (κ2) is 5.85. The molecule has 0 spiro atoms. The first kappa shape index (κ1) is 15.2. The van der Waals surface area contributed by atoms with Crippen LogP contribution in [0.25, 0.3) is 11.0 Å². The zero-order valence-corrected chi connectivity index (χ0v) is 13.6. The lowest BCUT2D eigenvalue weighted by Gasteiger charge is -2.25. The van der Waals surface area contributed by atoms with Gasteiger partial charge in [-0.25, -0.2) is 9.97 Å². The summed E-state index contributed by atoms with van der Waals surface area (Å²) >= 11 is 0. The van der Waals surface area contributed by atoms with Gasteiger partial charge in [-0.2, -0.15) is 0 Å². The molecule has 0 amide bonds. The maximum atomic E-state index is 9.95. The minimum atomic E-state index is -0.646. The van der Waals surface area contributed by atoms with Gasteiger partial charge in [-0.1, -0.05) is 6.92 Å². The van der Waals surface area contributed by atoms with Crippen molar-refractivity contribution >= 4 is 16.9 Å². The van der Waals surface area contributed by atoms with Crippen LogP contribution in [0, 0.1) is 0 Å². The van der Waals surface area contributed by atoms with Crippen LogP contribution in [0.5, 0.6) is 0 Å². The van der Waals surface area contributed by atoms with Crippen molar-refractivity contribution in [2.75, 3.05) is 25.0 Å². The lowest BCUT2D eigenvalue weighted by atomic mass is 10.1. The van der Waals surface area contributed by atoms with E-state index in [1.165, 1.54) is 5.56 Å². The highest BCUT2D eigenvalue weighted by atomic mass is 16.3. The molecule has 1 aliphatic rings. The molecule has 2 aromatic rings. The molecule has 0 bridgehead atoms. The van der Waals surface area contributed by atoms with Crippen LogP contribution < -0.4 is 5.32 Å². The van der Waals surface area contributed by atoms with Gasteiger partial charge in [0.2, 0.25) is 0 Å². The number of aromatic amines is 1. The van der Waals surface area contributed by atoms with E-state index in [0.29, 0.717) is 12.6 Å². The molecular formula is C16H25N5O. The summed E-state index contributed by atoms with van der Waals surface area (Å²) < 4.78 is 0. The lowest BCUT2D eigenvalue weighted by Crippen LogP contribution is -2.38. The van der Waals surface area contributed by atoms with E-state index < -0.39 is 5.60 Å². The number of nitrogens with one attached hydrogen (secondary N) is 2. The van der Waals surface area contributed by atoms with Crippen molar-refractivity contribution in [2.45, 2.75) is 45.3 Å². The highest BCUT2D eigenvalue weighted by Crippen LogP contribution is 2.25. The van der Waals surface area contributed by atoms with Crippen LogP contribution in [-0.4, -0.2) is 56.2 Å². The molecule has 6 heteroatoms. The normalized spacial score (nSPS) is 19.9. The molecule has 6 nitrogen and oxygen atoms in total. The molecule has 0 unspecified atom stereocenters. The summed E-state index contributed by atoms with van der Waals surface area (Å²) in [5.41, 5.74) is 1.48. The topological polar surface area (TPSA) is 77.1 Å². The first-order valence-corrected chi connectivity index (χ1v) is 7.98. The van der Waals surface area contributed by atoms with Crippen molar-refractivity contribution < 1.29 is 5.11 Å². The summed E-state index contributed by atoms with van der Waals surface area (Å²) in [6.07, 6.45) is 5.63. The largest absolute Gasteiger partial charge is 0.389 e. The highest BCUT2D eigenvalue weighted by molar-refractivity contribution is 5.90. The molecule has 22 heavy (non-hydrogen) atoms. The van der Waals surface area contributed by atoms with E-state index >= 15 is 0 Å². The molecular weight excluding hydrogens is 278 g/mol. The fraction of sp³-hybridized carbons (Fsp3) is 0.625. The number of aryl methyl sites for hydroxylation is 1. The molecule has 0 aromatic carbocycles. The highest BCUT2D eigenvalue weighted by Gasteiger charge is 2.27. The van der Waals surface area contributed by atoms with Crippen LogP contribution in [0.15, 0.2) is 12.5 Å². The monoisotopic (exact) mass is 303 g/mol. The van der Waals surface area contributed by atoms with Crippen molar-refractivity contribution in [3.05, 3.63) is 18.1 Å². The molecule has 1 atom stereocenters. The molecule has 0 aliphatic carbocycles. The lowest BCUT2D eigenvalue weighted by molar-refractivity contribution is 0.0437. The summed E-state index contributed by atoms with van der Waals surface area (Å²) in [4.78, 5) is 14.2. The molecule has 1 aliphatic heterocycles. The molecule has 0 saturated carbocycles. The summed E-state index contributed by atoms with van der Waals surface area (Å²) in [5, 5.41) is 14.6. The van der Waals surface area contributed by atoms with Crippen molar-refractivity contribution in [1.29, 1.82) is 0 Å². The average molecular weight is 303 g/mol. The third kappa shape index (κ3) is 3.23. The van der Waals surface area contributed by atoms with E-state index in [0.717, 1.165) is 42.8 Å². The van der Waals surface area contributed by atoms with Gasteiger partial charge in [0.15, 0.2) is 0 Å². The summed E-state index contributed by atoms with van der Waals surface area (Å²) in [7, 11) is 0. The fourth-order valence-corrected chi connectivity index (χ4v) is 3.25. The van der Waals surface area contributed by atoms with Crippen LogP contribution in [0.4, 0.5) is 5.82 Å². The molecule has 120 valence electrons. The van der Waals surface area contributed by atoms with E-state index in [1.807, 2.05) is 20.0 Å². The Bertz CT molecular complexity index is 646. The van der Waals surface area contributed by atoms with E-state index in [-0.39, 0.29) is 0 Å².